The third-order valence-electron chi connectivity index (χ3n) is 2.07. The summed E-state index contributed by atoms with van der Waals surface area (Å²) in [6.07, 6.45) is 0. The van der Waals surface area contributed by atoms with Crippen molar-refractivity contribution in [2.24, 2.45) is 0 Å². The van der Waals surface area contributed by atoms with E-state index in [1.807, 2.05) is 20.8 Å². The van der Waals surface area contributed by atoms with Gasteiger partial charge in [0.1, 0.15) is 11.4 Å². The van der Waals surface area contributed by atoms with Gasteiger partial charge in [-0.1, -0.05) is 11.8 Å². The molecule has 1 unspecified atom stereocenters. The van der Waals surface area contributed by atoms with E-state index < -0.39 is 11.5 Å². The number of carboxylic acids is 1. The first-order valence-corrected chi connectivity index (χ1v) is 7.03. The number of aromatic nitrogens is 2. The van der Waals surface area contributed by atoms with Crippen molar-refractivity contribution in [1.29, 1.82) is 0 Å². The van der Waals surface area contributed by atoms with Crippen molar-refractivity contribution in [3.8, 4) is 0 Å². The van der Waals surface area contributed by atoms with Crippen molar-refractivity contribution in [3.63, 3.8) is 0 Å². The molecule has 0 spiro atoms. The summed E-state index contributed by atoms with van der Waals surface area (Å²) in [5, 5.41) is 12.3. The Morgan fingerprint density at radius 2 is 2.29 bits per heavy atom. The maximum Gasteiger partial charge on any atom is 0.324 e. The first kappa shape index (κ1) is 14.4. The molecule has 17 heavy (non-hydrogen) atoms. The van der Waals surface area contributed by atoms with Gasteiger partial charge in [0.15, 0.2) is 4.34 Å². The number of aryl methyl sites for hydroxylation is 1. The summed E-state index contributed by atoms with van der Waals surface area (Å²) in [5.41, 5.74) is -0.946. The highest BCUT2D eigenvalue weighted by Crippen LogP contribution is 2.24. The van der Waals surface area contributed by atoms with Crippen molar-refractivity contribution >= 4 is 29.3 Å². The Balaban J connectivity index is 2.64. The normalized spacial score (nSPS) is 14.9. The first-order chi connectivity index (χ1) is 7.83. The quantitative estimate of drug-likeness (QED) is 0.771. The van der Waals surface area contributed by atoms with Crippen LogP contribution in [0.4, 0.5) is 0 Å². The van der Waals surface area contributed by atoms with Crippen LogP contribution < -0.4 is 5.32 Å². The number of hydrogen-bond acceptors (Lipinski definition) is 6. The fourth-order valence-corrected chi connectivity index (χ4v) is 3.08. The molecule has 0 fully saturated rings. The Morgan fingerprint density at radius 3 is 2.71 bits per heavy atom. The maximum absolute atomic E-state index is 11.3. The lowest BCUT2D eigenvalue weighted by molar-refractivity contribution is -0.143. The molecule has 1 aromatic rings. The second kappa shape index (κ2) is 5.79. The molecule has 1 rings (SSSR count). The van der Waals surface area contributed by atoms with Gasteiger partial charge in [-0.05, 0) is 39.2 Å². The molecule has 1 atom stereocenters. The van der Waals surface area contributed by atoms with E-state index in [-0.39, 0.29) is 6.04 Å². The second-order valence-corrected chi connectivity index (χ2v) is 6.31. The minimum absolute atomic E-state index is 0.118. The number of aliphatic carboxylic acids is 1. The maximum atomic E-state index is 11.3. The fraction of sp³-hybridized carbons (Fsp3) is 0.700. The molecule has 0 aliphatic rings. The van der Waals surface area contributed by atoms with Crippen molar-refractivity contribution in [1.82, 2.24) is 14.7 Å². The predicted octanol–water partition coefficient (Wildman–Crippen LogP) is 1.78. The Morgan fingerprint density at radius 1 is 1.65 bits per heavy atom. The summed E-state index contributed by atoms with van der Waals surface area (Å²) < 4.78 is 4.87. The van der Waals surface area contributed by atoms with Gasteiger partial charge in [0.25, 0.3) is 0 Å². The van der Waals surface area contributed by atoms with Gasteiger partial charge in [-0.3, -0.25) is 10.1 Å². The van der Waals surface area contributed by atoms with E-state index in [0.29, 0.717) is 5.75 Å². The zero-order valence-electron chi connectivity index (χ0n) is 10.4. The Labute approximate surface area is 109 Å². The smallest absolute Gasteiger partial charge is 0.324 e. The third kappa shape index (κ3) is 4.25. The van der Waals surface area contributed by atoms with Crippen LogP contribution in [0, 0.1) is 6.92 Å². The van der Waals surface area contributed by atoms with Crippen molar-refractivity contribution in [3.05, 3.63) is 5.82 Å². The largest absolute Gasteiger partial charge is 0.480 e. The summed E-state index contributed by atoms with van der Waals surface area (Å²) in [6.45, 7) is 7.38. The number of rotatable bonds is 6. The van der Waals surface area contributed by atoms with Crippen LogP contribution in [0.1, 0.15) is 26.6 Å². The molecular weight excluding hydrogens is 258 g/mol. The summed E-state index contributed by atoms with van der Waals surface area (Å²) in [6, 6.07) is 0.118. The number of nitrogens with zero attached hydrogens (tertiary/aromatic N) is 2. The SMILES string of the molecule is Cc1nsc(SCC(C)(NC(C)C)C(=O)O)n1. The predicted molar refractivity (Wildman–Crippen MR) is 69.7 cm³/mol. The minimum atomic E-state index is -0.946. The fourth-order valence-electron chi connectivity index (χ4n) is 1.35. The average Bonchev–Trinajstić information content (AvgIpc) is 2.60. The van der Waals surface area contributed by atoms with E-state index >= 15 is 0 Å². The van der Waals surface area contributed by atoms with Crippen molar-refractivity contribution < 1.29 is 9.90 Å². The van der Waals surface area contributed by atoms with Gasteiger partial charge in [-0.15, -0.1) is 0 Å². The van der Waals surface area contributed by atoms with Gasteiger partial charge in [-0.2, -0.15) is 4.37 Å². The van der Waals surface area contributed by atoms with Crippen LogP contribution in [0.3, 0.4) is 0 Å². The molecule has 0 radical (unpaired) electrons. The van der Waals surface area contributed by atoms with Gasteiger partial charge in [0, 0.05) is 11.8 Å². The zero-order chi connectivity index (χ0) is 13.1. The molecule has 0 aliphatic heterocycles. The second-order valence-electron chi connectivity index (χ2n) is 4.33. The van der Waals surface area contributed by atoms with Crippen molar-refractivity contribution in [2.45, 2.75) is 43.6 Å². The summed E-state index contributed by atoms with van der Waals surface area (Å²) in [5.74, 6) is 0.307. The lowest BCUT2D eigenvalue weighted by Gasteiger charge is -2.27. The van der Waals surface area contributed by atoms with Crippen LogP contribution in [-0.2, 0) is 4.79 Å². The highest BCUT2D eigenvalue weighted by atomic mass is 32.2. The van der Waals surface area contributed by atoms with Crippen molar-refractivity contribution in [2.75, 3.05) is 5.75 Å². The topological polar surface area (TPSA) is 75.1 Å². The van der Waals surface area contributed by atoms with Gasteiger partial charge in [0.05, 0.1) is 0 Å². The molecule has 7 heteroatoms. The number of carbonyl (C=O) groups is 1. The van der Waals surface area contributed by atoms with Crippen LogP contribution in [0.25, 0.3) is 0 Å². The summed E-state index contributed by atoms with van der Waals surface area (Å²) >= 11 is 2.72. The van der Waals surface area contributed by atoms with E-state index in [0.717, 1.165) is 10.2 Å². The molecule has 0 aliphatic carbocycles. The molecule has 0 aromatic carbocycles. The number of nitrogens with one attached hydrogen (secondary N) is 1. The Kier molecular flexibility index (Phi) is 4.91. The lowest BCUT2D eigenvalue weighted by atomic mass is 10.1. The first-order valence-electron chi connectivity index (χ1n) is 5.27. The summed E-state index contributed by atoms with van der Waals surface area (Å²) in [4.78, 5) is 15.5. The third-order valence-corrected chi connectivity index (χ3v) is 4.31. The van der Waals surface area contributed by atoms with E-state index in [1.54, 1.807) is 6.92 Å². The highest BCUT2D eigenvalue weighted by Gasteiger charge is 2.33. The summed E-state index contributed by atoms with van der Waals surface area (Å²) in [7, 11) is 0. The van der Waals surface area contributed by atoms with E-state index in [2.05, 4.69) is 14.7 Å². The number of carboxylic acid groups (broad SMARTS) is 1. The molecule has 1 heterocycles. The van der Waals surface area contributed by atoms with Gasteiger partial charge >= 0.3 is 5.97 Å². The number of thioether (sulfide) groups is 1. The zero-order valence-corrected chi connectivity index (χ0v) is 12.0. The van der Waals surface area contributed by atoms with Crippen LogP contribution in [-0.4, -0.2) is 37.8 Å². The van der Waals surface area contributed by atoms with Crippen LogP contribution in [0.5, 0.6) is 0 Å². The average molecular weight is 275 g/mol. The van der Waals surface area contributed by atoms with Gasteiger partial charge in [-0.25, -0.2) is 4.98 Å². The highest BCUT2D eigenvalue weighted by molar-refractivity contribution is 8.01. The standard InChI is InChI=1S/C10H17N3O2S2/c1-6(2)12-10(4,8(14)15)5-16-9-11-7(3)13-17-9/h6,12H,5H2,1-4H3,(H,14,15). The molecule has 0 amide bonds. The number of hydrogen-bond donors (Lipinski definition) is 2. The molecule has 0 saturated heterocycles. The lowest BCUT2D eigenvalue weighted by Crippen LogP contribution is -2.54. The molecule has 0 bridgehead atoms. The molecule has 1 aromatic heterocycles. The Bertz CT molecular complexity index is 395. The van der Waals surface area contributed by atoms with Gasteiger partial charge < -0.3 is 5.11 Å². The van der Waals surface area contributed by atoms with Crippen LogP contribution >= 0.6 is 23.3 Å². The minimum Gasteiger partial charge on any atom is -0.480 e. The molecule has 0 saturated carbocycles. The van der Waals surface area contributed by atoms with E-state index in [9.17, 15) is 9.90 Å². The molecule has 5 nitrogen and oxygen atoms in total. The molecule has 96 valence electrons. The van der Waals surface area contributed by atoms with Gasteiger partial charge in [0.2, 0.25) is 0 Å². The molecule has 2 N–H and O–H groups in total. The molecular formula is C10H17N3O2S2. The van der Waals surface area contributed by atoms with Crippen LogP contribution in [0.2, 0.25) is 0 Å². The Hall–Kier alpha value is -0.660. The van der Waals surface area contributed by atoms with Crippen LogP contribution in [0.15, 0.2) is 4.34 Å². The monoisotopic (exact) mass is 275 g/mol. The van der Waals surface area contributed by atoms with E-state index in [4.69, 9.17) is 0 Å². The van der Waals surface area contributed by atoms with E-state index in [1.165, 1.54) is 23.3 Å².